The fraction of sp³-hybridized carbons (Fsp3) is 0.857. The molecule has 3 nitrogen and oxygen atoms in total. The SMILES string of the molecule is COC(C)C(C)CC(N)=O. The van der Waals surface area contributed by atoms with Crippen LogP contribution in [0.15, 0.2) is 0 Å². The minimum atomic E-state index is -0.267. The van der Waals surface area contributed by atoms with Gasteiger partial charge in [-0.3, -0.25) is 4.79 Å². The van der Waals surface area contributed by atoms with Crippen LogP contribution in [-0.4, -0.2) is 19.1 Å². The molecule has 0 aromatic rings. The minimum Gasteiger partial charge on any atom is -0.381 e. The van der Waals surface area contributed by atoms with Gasteiger partial charge in [-0.1, -0.05) is 6.92 Å². The number of nitrogens with two attached hydrogens (primary N) is 1. The predicted molar refractivity (Wildman–Crippen MR) is 39.4 cm³/mol. The van der Waals surface area contributed by atoms with Crippen LogP contribution in [0.5, 0.6) is 0 Å². The van der Waals surface area contributed by atoms with Gasteiger partial charge < -0.3 is 10.5 Å². The molecule has 0 heterocycles. The Morgan fingerprint density at radius 3 is 2.40 bits per heavy atom. The van der Waals surface area contributed by atoms with Crippen LogP contribution < -0.4 is 5.73 Å². The average Bonchev–Trinajstić information content (AvgIpc) is 1.85. The molecule has 1 amide bonds. The van der Waals surface area contributed by atoms with Gasteiger partial charge in [0.05, 0.1) is 6.10 Å². The molecule has 0 aromatic heterocycles. The summed E-state index contributed by atoms with van der Waals surface area (Å²) in [6.45, 7) is 3.87. The van der Waals surface area contributed by atoms with Crippen LogP contribution >= 0.6 is 0 Å². The quantitative estimate of drug-likeness (QED) is 0.627. The fourth-order valence-corrected chi connectivity index (χ4v) is 0.716. The van der Waals surface area contributed by atoms with Crippen molar-refractivity contribution in [1.82, 2.24) is 0 Å². The van der Waals surface area contributed by atoms with Crippen LogP contribution in [0.4, 0.5) is 0 Å². The van der Waals surface area contributed by atoms with Crippen LogP contribution in [0.1, 0.15) is 20.3 Å². The highest BCUT2D eigenvalue weighted by Crippen LogP contribution is 2.09. The van der Waals surface area contributed by atoms with E-state index in [1.165, 1.54) is 0 Å². The topological polar surface area (TPSA) is 52.3 Å². The van der Waals surface area contributed by atoms with Crippen molar-refractivity contribution >= 4 is 5.91 Å². The van der Waals surface area contributed by atoms with Crippen LogP contribution in [-0.2, 0) is 9.53 Å². The van der Waals surface area contributed by atoms with E-state index < -0.39 is 0 Å². The van der Waals surface area contributed by atoms with Crippen molar-refractivity contribution in [2.45, 2.75) is 26.4 Å². The number of rotatable bonds is 4. The van der Waals surface area contributed by atoms with Crippen molar-refractivity contribution in [2.24, 2.45) is 11.7 Å². The van der Waals surface area contributed by atoms with Gasteiger partial charge in [0.15, 0.2) is 0 Å². The van der Waals surface area contributed by atoms with Gasteiger partial charge in [-0.05, 0) is 12.8 Å². The first-order valence-electron chi connectivity index (χ1n) is 3.39. The van der Waals surface area contributed by atoms with Gasteiger partial charge in [0.25, 0.3) is 0 Å². The largest absolute Gasteiger partial charge is 0.381 e. The van der Waals surface area contributed by atoms with E-state index in [0.29, 0.717) is 6.42 Å². The standard InChI is InChI=1S/C7H15NO2/c1-5(4-7(8)9)6(2)10-3/h5-6H,4H2,1-3H3,(H2,8,9). The molecule has 10 heavy (non-hydrogen) atoms. The maximum atomic E-state index is 10.4. The third-order valence-corrected chi connectivity index (χ3v) is 1.70. The zero-order valence-electron chi connectivity index (χ0n) is 6.76. The predicted octanol–water partition coefficient (Wildman–Crippen LogP) is 0.533. The Bertz CT molecular complexity index is 114. The number of hydrogen-bond donors (Lipinski definition) is 1. The normalized spacial score (nSPS) is 16.3. The second-order valence-corrected chi connectivity index (χ2v) is 2.59. The lowest BCUT2D eigenvalue weighted by atomic mass is 10.0. The Balaban J connectivity index is 3.61. The minimum absolute atomic E-state index is 0.104. The Kier molecular flexibility index (Phi) is 4.03. The molecule has 0 aliphatic heterocycles. The summed E-state index contributed by atoms with van der Waals surface area (Å²) in [6.07, 6.45) is 0.502. The van der Waals surface area contributed by atoms with Crippen molar-refractivity contribution in [1.29, 1.82) is 0 Å². The molecule has 0 aromatic carbocycles. The van der Waals surface area contributed by atoms with Crippen LogP contribution in [0, 0.1) is 5.92 Å². The molecule has 2 atom stereocenters. The summed E-state index contributed by atoms with van der Waals surface area (Å²) < 4.78 is 5.01. The molecule has 0 saturated carbocycles. The Labute approximate surface area is 61.5 Å². The Morgan fingerprint density at radius 2 is 2.10 bits per heavy atom. The zero-order chi connectivity index (χ0) is 8.15. The van der Waals surface area contributed by atoms with Gasteiger partial charge in [-0.25, -0.2) is 0 Å². The average molecular weight is 145 g/mol. The summed E-state index contributed by atoms with van der Waals surface area (Å²) in [7, 11) is 1.63. The summed E-state index contributed by atoms with van der Waals surface area (Å²) in [5.74, 6) is -0.0566. The number of primary amides is 1. The van der Waals surface area contributed by atoms with E-state index in [1.54, 1.807) is 7.11 Å². The molecule has 2 unspecified atom stereocenters. The number of carbonyl (C=O) groups excluding carboxylic acids is 1. The van der Waals surface area contributed by atoms with Crippen molar-refractivity contribution in [2.75, 3.05) is 7.11 Å². The van der Waals surface area contributed by atoms with E-state index in [4.69, 9.17) is 10.5 Å². The van der Waals surface area contributed by atoms with E-state index in [9.17, 15) is 4.79 Å². The van der Waals surface area contributed by atoms with Gasteiger partial charge in [-0.2, -0.15) is 0 Å². The molecule has 0 fully saturated rings. The van der Waals surface area contributed by atoms with Gasteiger partial charge in [0.1, 0.15) is 0 Å². The van der Waals surface area contributed by atoms with E-state index >= 15 is 0 Å². The lowest BCUT2D eigenvalue weighted by Gasteiger charge is -2.15. The fourth-order valence-electron chi connectivity index (χ4n) is 0.716. The van der Waals surface area contributed by atoms with E-state index in [0.717, 1.165) is 0 Å². The molecule has 3 heteroatoms. The van der Waals surface area contributed by atoms with Crippen LogP contribution in [0.2, 0.25) is 0 Å². The van der Waals surface area contributed by atoms with Crippen molar-refractivity contribution in [3.8, 4) is 0 Å². The van der Waals surface area contributed by atoms with Gasteiger partial charge >= 0.3 is 0 Å². The highest BCUT2D eigenvalue weighted by Gasteiger charge is 2.12. The monoisotopic (exact) mass is 145 g/mol. The molecule has 0 spiro atoms. The van der Waals surface area contributed by atoms with Gasteiger partial charge in [0.2, 0.25) is 5.91 Å². The van der Waals surface area contributed by atoms with E-state index in [1.807, 2.05) is 13.8 Å². The molecular weight excluding hydrogens is 130 g/mol. The smallest absolute Gasteiger partial charge is 0.217 e. The summed E-state index contributed by atoms with van der Waals surface area (Å²) in [5, 5.41) is 0. The molecule has 2 N–H and O–H groups in total. The lowest BCUT2D eigenvalue weighted by Crippen LogP contribution is -2.23. The summed E-state index contributed by atoms with van der Waals surface area (Å²) >= 11 is 0. The van der Waals surface area contributed by atoms with E-state index in [-0.39, 0.29) is 17.9 Å². The number of ether oxygens (including phenoxy) is 1. The molecule has 0 rings (SSSR count). The molecule has 0 saturated heterocycles. The number of amides is 1. The Hall–Kier alpha value is -0.570. The van der Waals surface area contributed by atoms with Gasteiger partial charge in [-0.15, -0.1) is 0 Å². The number of methoxy groups -OCH3 is 1. The number of carbonyl (C=O) groups is 1. The summed E-state index contributed by atoms with van der Waals surface area (Å²) in [6, 6.07) is 0. The second-order valence-electron chi connectivity index (χ2n) is 2.59. The molecule has 0 aliphatic carbocycles. The molecule has 0 aliphatic rings. The van der Waals surface area contributed by atoms with Crippen LogP contribution in [0.3, 0.4) is 0 Å². The molecule has 60 valence electrons. The summed E-state index contributed by atoms with van der Waals surface area (Å²) in [5.41, 5.74) is 4.99. The lowest BCUT2D eigenvalue weighted by molar-refractivity contribution is -0.119. The molecule has 0 bridgehead atoms. The molecule has 0 radical (unpaired) electrons. The van der Waals surface area contributed by atoms with Crippen molar-refractivity contribution in [3.63, 3.8) is 0 Å². The third-order valence-electron chi connectivity index (χ3n) is 1.70. The highest BCUT2D eigenvalue weighted by atomic mass is 16.5. The first kappa shape index (κ1) is 9.43. The van der Waals surface area contributed by atoms with Crippen LogP contribution in [0.25, 0.3) is 0 Å². The summed E-state index contributed by atoms with van der Waals surface area (Å²) in [4.78, 5) is 10.4. The maximum absolute atomic E-state index is 10.4. The first-order valence-corrected chi connectivity index (χ1v) is 3.39. The Morgan fingerprint density at radius 1 is 1.60 bits per heavy atom. The highest BCUT2D eigenvalue weighted by molar-refractivity contribution is 5.73. The van der Waals surface area contributed by atoms with Crippen molar-refractivity contribution in [3.05, 3.63) is 0 Å². The van der Waals surface area contributed by atoms with E-state index in [2.05, 4.69) is 0 Å². The zero-order valence-corrected chi connectivity index (χ0v) is 6.76. The second kappa shape index (κ2) is 4.28. The van der Waals surface area contributed by atoms with Crippen molar-refractivity contribution < 1.29 is 9.53 Å². The van der Waals surface area contributed by atoms with Gasteiger partial charge in [0, 0.05) is 13.5 Å². The maximum Gasteiger partial charge on any atom is 0.217 e. The first-order chi connectivity index (χ1) is 4.57. The molecular formula is C7H15NO2. The number of hydrogen-bond acceptors (Lipinski definition) is 2. The third kappa shape index (κ3) is 3.45.